The number of rotatable bonds is 9. The fourth-order valence-electron chi connectivity index (χ4n) is 1.85. The Morgan fingerprint density at radius 1 is 1.35 bits per heavy atom. The first-order valence-corrected chi connectivity index (χ1v) is 7.27. The Hall–Kier alpha value is -1.55. The van der Waals surface area contributed by atoms with Gasteiger partial charge in [0.15, 0.2) is 6.10 Å². The molecular weight excluding hydrogens is 254 g/mol. The van der Waals surface area contributed by atoms with E-state index >= 15 is 0 Å². The Labute approximate surface area is 121 Å². The van der Waals surface area contributed by atoms with Crippen LogP contribution in [0.1, 0.15) is 33.1 Å². The first kappa shape index (κ1) is 16.5. The van der Waals surface area contributed by atoms with Gasteiger partial charge in [-0.05, 0) is 37.3 Å². The second kappa shape index (κ2) is 9.37. The summed E-state index contributed by atoms with van der Waals surface area (Å²) in [6, 6.07) is 9.38. The third-order valence-electron chi connectivity index (χ3n) is 3.17. The van der Waals surface area contributed by atoms with E-state index in [9.17, 15) is 4.79 Å². The molecule has 0 saturated carbocycles. The number of nitrogens with one attached hydrogen (secondary N) is 1. The van der Waals surface area contributed by atoms with Gasteiger partial charge >= 0.3 is 0 Å². The van der Waals surface area contributed by atoms with E-state index in [2.05, 4.69) is 5.32 Å². The third kappa shape index (κ3) is 6.06. The molecule has 0 heterocycles. The van der Waals surface area contributed by atoms with Crippen LogP contribution in [0.5, 0.6) is 5.75 Å². The van der Waals surface area contributed by atoms with Crippen LogP contribution in [0.25, 0.3) is 0 Å². The number of carbonyl (C=O) groups is 1. The molecule has 112 valence electrons. The Kier molecular flexibility index (Phi) is 7.73. The Morgan fingerprint density at radius 3 is 2.65 bits per heavy atom. The van der Waals surface area contributed by atoms with Gasteiger partial charge in [-0.25, -0.2) is 0 Å². The summed E-state index contributed by atoms with van der Waals surface area (Å²) in [7, 11) is 0. The smallest absolute Gasteiger partial charge is 0.261 e. The maximum absolute atomic E-state index is 12.0. The maximum atomic E-state index is 12.0. The van der Waals surface area contributed by atoms with Crippen molar-refractivity contribution < 1.29 is 14.6 Å². The zero-order valence-corrected chi connectivity index (χ0v) is 12.3. The summed E-state index contributed by atoms with van der Waals surface area (Å²) in [6.07, 6.45) is 1.96. The number of amides is 1. The first-order valence-electron chi connectivity index (χ1n) is 7.27. The van der Waals surface area contributed by atoms with Crippen molar-refractivity contribution in [3.8, 4) is 5.75 Å². The minimum Gasteiger partial charge on any atom is -0.481 e. The van der Waals surface area contributed by atoms with Gasteiger partial charge in [-0.3, -0.25) is 4.79 Å². The van der Waals surface area contributed by atoms with Crippen molar-refractivity contribution in [3.63, 3.8) is 0 Å². The van der Waals surface area contributed by atoms with Gasteiger partial charge < -0.3 is 15.2 Å². The van der Waals surface area contributed by atoms with E-state index in [4.69, 9.17) is 9.84 Å². The zero-order valence-electron chi connectivity index (χ0n) is 12.3. The summed E-state index contributed by atoms with van der Waals surface area (Å²) < 4.78 is 5.67. The van der Waals surface area contributed by atoms with Gasteiger partial charge in [0.05, 0.1) is 0 Å². The van der Waals surface area contributed by atoms with Gasteiger partial charge in [-0.2, -0.15) is 0 Å². The Bertz CT molecular complexity index is 381. The second-order valence-electron chi connectivity index (χ2n) is 5.05. The molecule has 20 heavy (non-hydrogen) atoms. The topological polar surface area (TPSA) is 58.6 Å². The number of aliphatic hydroxyl groups is 1. The summed E-state index contributed by atoms with van der Waals surface area (Å²) in [5, 5.41) is 11.8. The molecule has 0 bridgehead atoms. The summed E-state index contributed by atoms with van der Waals surface area (Å²) in [4.78, 5) is 12.0. The van der Waals surface area contributed by atoms with Crippen LogP contribution in [0, 0.1) is 5.92 Å². The molecule has 0 aliphatic heterocycles. The predicted octanol–water partition coefficient (Wildman–Crippen LogP) is 2.37. The van der Waals surface area contributed by atoms with Gasteiger partial charge in [0.25, 0.3) is 5.91 Å². The van der Waals surface area contributed by atoms with Crippen LogP contribution < -0.4 is 10.1 Å². The van der Waals surface area contributed by atoms with Crippen molar-refractivity contribution in [3.05, 3.63) is 30.3 Å². The molecule has 1 aromatic carbocycles. The normalized spacial score (nSPS) is 13.6. The molecule has 4 heteroatoms. The highest BCUT2D eigenvalue weighted by Crippen LogP contribution is 2.12. The van der Waals surface area contributed by atoms with Crippen molar-refractivity contribution in [1.29, 1.82) is 0 Å². The lowest BCUT2D eigenvalue weighted by atomic mass is 10.1. The number of hydrogen-bond donors (Lipinski definition) is 2. The van der Waals surface area contributed by atoms with Crippen LogP contribution in [0.15, 0.2) is 30.3 Å². The standard InChI is InChI=1S/C16H25NO3/c1-3-15(20-14-9-5-4-6-10-14)16(19)17-11-7-8-13(2)12-18/h4-6,9-10,13,15,18H,3,7-8,11-12H2,1-2H3,(H,17,19). The molecule has 0 fully saturated rings. The van der Waals surface area contributed by atoms with Crippen molar-refractivity contribution in [2.45, 2.75) is 39.2 Å². The van der Waals surface area contributed by atoms with E-state index in [0.29, 0.717) is 18.7 Å². The van der Waals surface area contributed by atoms with Gasteiger partial charge in [0.2, 0.25) is 0 Å². The van der Waals surface area contributed by atoms with Crippen LogP contribution in [0.4, 0.5) is 0 Å². The largest absolute Gasteiger partial charge is 0.481 e. The number of carbonyl (C=O) groups excluding carboxylic acids is 1. The third-order valence-corrected chi connectivity index (χ3v) is 3.17. The maximum Gasteiger partial charge on any atom is 0.261 e. The fourth-order valence-corrected chi connectivity index (χ4v) is 1.85. The molecule has 2 atom stereocenters. The van der Waals surface area contributed by atoms with E-state index in [0.717, 1.165) is 12.8 Å². The van der Waals surface area contributed by atoms with E-state index in [1.807, 2.05) is 44.2 Å². The molecule has 2 N–H and O–H groups in total. The molecule has 0 saturated heterocycles. The lowest BCUT2D eigenvalue weighted by molar-refractivity contribution is -0.128. The molecule has 1 rings (SSSR count). The SMILES string of the molecule is CCC(Oc1ccccc1)C(=O)NCCCC(C)CO. The highest BCUT2D eigenvalue weighted by Gasteiger charge is 2.17. The molecule has 0 radical (unpaired) electrons. The highest BCUT2D eigenvalue weighted by molar-refractivity contribution is 5.81. The predicted molar refractivity (Wildman–Crippen MR) is 79.6 cm³/mol. The molecular formula is C16H25NO3. The molecule has 4 nitrogen and oxygen atoms in total. The van der Waals surface area contributed by atoms with Gasteiger partial charge in [0, 0.05) is 13.2 Å². The summed E-state index contributed by atoms with van der Waals surface area (Å²) >= 11 is 0. The van der Waals surface area contributed by atoms with Crippen molar-refractivity contribution in [2.75, 3.05) is 13.2 Å². The minimum absolute atomic E-state index is 0.0759. The Balaban J connectivity index is 2.32. The van der Waals surface area contributed by atoms with Crippen molar-refractivity contribution in [1.82, 2.24) is 5.32 Å². The van der Waals surface area contributed by atoms with E-state index in [1.54, 1.807) is 0 Å². The molecule has 0 aliphatic rings. The first-order chi connectivity index (χ1) is 9.67. The summed E-state index contributed by atoms with van der Waals surface area (Å²) in [5.74, 6) is 0.922. The Morgan fingerprint density at radius 2 is 2.05 bits per heavy atom. The van der Waals surface area contributed by atoms with Crippen molar-refractivity contribution >= 4 is 5.91 Å². The molecule has 0 aromatic heterocycles. The van der Waals surface area contributed by atoms with Gasteiger partial charge in [-0.15, -0.1) is 0 Å². The molecule has 0 spiro atoms. The molecule has 0 aliphatic carbocycles. The van der Waals surface area contributed by atoms with E-state index in [1.165, 1.54) is 0 Å². The number of aliphatic hydroxyl groups excluding tert-OH is 1. The molecule has 1 amide bonds. The average molecular weight is 279 g/mol. The summed E-state index contributed by atoms with van der Waals surface area (Å²) in [5.41, 5.74) is 0. The van der Waals surface area contributed by atoms with Crippen LogP contribution in [0.3, 0.4) is 0 Å². The van der Waals surface area contributed by atoms with Gasteiger partial charge in [0.1, 0.15) is 5.75 Å². The molecule has 2 unspecified atom stereocenters. The number of para-hydroxylation sites is 1. The van der Waals surface area contributed by atoms with Crippen molar-refractivity contribution in [2.24, 2.45) is 5.92 Å². The number of benzene rings is 1. The lowest BCUT2D eigenvalue weighted by Crippen LogP contribution is -2.38. The lowest BCUT2D eigenvalue weighted by Gasteiger charge is -2.17. The van der Waals surface area contributed by atoms with E-state index < -0.39 is 6.10 Å². The fraction of sp³-hybridized carbons (Fsp3) is 0.562. The van der Waals surface area contributed by atoms with E-state index in [-0.39, 0.29) is 18.4 Å². The number of hydrogen-bond acceptors (Lipinski definition) is 3. The second-order valence-corrected chi connectivity index (χ2v) is 5.05. The van der Waals surface area contributed by atoms with Crippen LogP contribution in [-0.2, 0) is 4.79 Å². The monoisotopic (exact) mass is 279 g/mol. The highest BCUT2D eigenvalue weighted by atomic mass is 16.5. The quantitative estimate of drug-likeness (QED) is 0.682. The van der Waals surface area contributed by atoms with Crippen LogP contribution in [0.2, 0.25) is 0 Å². The number of ether oxygens (including phenoxy) is 1. The molecule has 1 aromatic rings. The van der Waals surface area contributed by atoms with Crippen LogP contribution >= 0.6 is 0 Å². The summed E-state index contributed by atoms with van der Waals surface area (Å²) in [6.45, 7) is 4.75. The minimum atomic E-state index is -0.451. The average Bonchev–Trinajstić information content (AvgIpc) is 2.49. The van der Waals surface area contributed by atoms with Gasteiger partial charge in [-0.1, -0.05) is 32.0 Å². The van der Waals surface area contributed by atoms with Crippen LogP contribution in [-0.4, -0.2) is 30.3 Å². The zero-order chi connectivity index (χ0) is 14.8.